The number of benzene rings is 2. The highest BCUT2D eigenvalue weighted by Gasteiger charge is 2.40. The summed E-state index contributed by atoms with van der Waals surface area (Å²) in [6.07, 6.45) is 3.02. The second-order valence-corrected chi connectivity index (χ2v) is 9.65. The zero-order chi connectivity index (χ0) is 24.1. The van der Waals surface area contributed by atoms with E-state index >= 15 is 0 Å². The van der Waals surface area contributed by atoms with E-state index in [4.69, 9.17) is 15.7 Å². The van der Waals surface area contributed by atoms with Crippen LogP contribution in [0.4, 0.5) is 5.82 Å². The summed E-state index contributed by atoms with van der Waals surface area (Å²) in [4.78, 5) is 16.9. The Kier molecular flexibility index (Phi) is 5.04. The fourth-order valence-electron chi connectivity index (χ4n) is 5.54. The fourth-order valence-corrected chi connectivity index (χ4v) is 5.54. The van der Waals surface area contributed by atoms with E-state index in [1.54, 1.807) is 6.20 Å². The van der Waals surface area contributed by atoms with Gasteiger partial charge in [-0.25, -0.2) is 15.0 Å². The van der Waals surface area contributed by atoms with Gasteiger partial charge < -0.3 is 11.1 Å². The number of rotatable bonds is 5. The molecule has 2 bridgehead atoms. The molecule has 0 saturated carbocycles. The van der Waals surface area contributed by atoms with E-state index in [1.807, 2.05) is 42.5 Å². The first-order valence-corrected chi connectivity index (χ1v) is 12.5. The summed E-state index contributed by atoms with van der Waals surface area (Å²) in [6, 6.07) is 28.2. The van der Waals surface area contributed by atoms with Crippen molar-refractivity contribution in [1.29, 1.82) is 0 Å². The van der Waals surface area contributed by atoms with E-state index in [9.17, 15) is 0 Å². The summed E-state index contributed by atoms with van der Waals surface area (Å²) in [5.74, 6) is 1.19. The number of aromatic nitrogens is 4. The van der Waals surface area contributed by atoms with Crippen molar-refractivity contribution < 1.29 is 0 Å². The number of hydrogen-bond donors (Lipinski definition) is 2. The first-order chi connectivity index (χ1) is 17.7. The number of piperazine rings is 1. The molecule has 2 fully saturated rings. The SMILES string of the molecule is Nc1ncccc1-c1nc2ccc(-c3ccccc3)nc2n1-c1ccc(CN2C3CNCC2C3)cc1. The van der Waals surface area contributed by atoms with Gasteiger partial charge in [-0.3, -0.25) is 9.47 Å². The third-order valence-corrected chi connectivity index (χ3v) is 7.46. The molecule has 7 heteroatoms. The van der Waals surface area contributed by atoms with Crippen molar-refractivity contribution in [3.05, 3.63) is 90.6 Å². The highest BCUT2D eigenvalue weighted by molar-refractivity contribution is 5.84. The van der Waals surface area contributed by atoms with Gasteiger partial charge in [-0.15, -0.1) is 0 Å². The molecule has 0 radical (unpaired) electrons. The van der Waals surface area contributed by atoms with Crippen LogP contribution in [0.1, 0.15) is 12.0 Å². The molecule has 0 aliphatic carbocycles. The molecule has 2 saturated heterocycles. The monoisotopic (exact) mass is 473 g/mol. The Labute approximate surface area is 209 Å². The first kappa shape index (κ1) is 21.2. The van der Waals surface area contributed by atoms with E-state index in [2.05, 4.69) is 56.2 Å². The number of pyridine rings is 2. The molecule has 0 spiro atoms. The third-order valence-electron chi connectivity index (χ3n) is 7.46. The van der Waals surface area contributed by atoms with Crippen LogP contribution in [0.3, 0.4) is 0 Å². The minimum absolute atomic E-state index is 0.451. The molecular formula is C29H27N7. The molecular weight excluding hydrogens is 446 g/mol. The number of nitrogens with two attached hydrogens (primary N) is 1. The van der Waals surface area contributed by atoms with Gasteiger partial charge in [0, 0.05) is 49.2 Å². The Bertz CT molecular complexity index is 1530. The van der Waals surface area contributed by atoms with Gasteiger partial charge in [0.05, 0.1) is 11.3 Å². The maximum Gasteiger partial charge on any atom is 0.165 e. The number of hydrogen-bond acceptors (Lipinski definition) is 6. The highest BCUT2D eigenvalue weighted by Crippen LogP contribution is 2.33. The lowest BCUT2D eigenvalue weighted by atomic mass is 9.88. The number of nitrogens with one attached hydrogen (secondary N) is 1. The Morgan fingerprint density at radius 1 is 0.861 bits per heavy atom. The maximum absolute atomic E-state index is 6.29. The molecule has 7 rings (SSSR count). The summed E-state index contributed by atoms with van der Waals surface area (Å²) in [7, 11) is 0. The van der Waals surface area contributed by atoms with Crippen molar-refractivity contribution in [1.82, 2.24) is 29.7 Å². The number of fused-ring (bicyclic) bond motifs is 3. The van der Waals surface area contributed by atoms with Gasteiger partial charge in [0.1, 0.15) is 11.3 Å². The molecule has 2 unspecified atom stereocenters. The molecule has 3 aromatic heterocycles. The standard InChI is InChI=1S/C29H27N7/c30-27-24(7-4-14-32-27)28-34-26-13-12-25(20-5-2-1-3-6-20)33-29(26)36(28)21-10-8-19(9-11-21)18-35-22-15-23(35)17-31-16-22/h1-14,22-23,31H,15-18H2,(H2,30,32). The molecule has 5 aromatic rings. The lowest BCUT2D eigenvalue weighted by Crippen LogP contribution is -2.67. The van der Waals surface area contributed by atoms with Crippen LogP contribution < -0.4 is 11.1 Å². The third kappa shape index (κ3) is 3.56. The van der Waals surface area contributed by atoms with E-state index in [-0.39, 0.29) is 0 Å². The van der Waals surface area contributed by atoms with Crippen LogP contribution in [0, 0.1) is 0 Å². The molecule has 2 aliphatic heterocycles. The van der Waals surface area contributed by atoms with Gasteiger partial charge in [-0.2, -0.15) is 0 Å². The molecule has 5 heterocycles. The highest BCUT2D eigenvalue weighted by atomic mass is 15.3. The molecule has 7 nitrogen and oxygen atoms in total. The minimum atomic E-state index is 0.451. The average Bonchev–Trinajstić information content (AvgIpc) is 3.31. The number of imidazole rings is 1. The van der Waals surface area contributed by atoms with Crippen LogP contribution >= 0.6 is 0 Å². The van der Waals surface area contributed by atoms with Gasteiger partial charge in [-0.05, 0) is 48.4 Å². The molecule has 2 aliphatic rings. The number of piperidine rings is 1. The molecule has 178 valence electrons. The molecule has 2 aromatic carbocycles. The maximum atomic E-state index is 6.29. The second kappa shape index (κ2) is 8.55. The van der Waals surface area contributed by atoms with Crippen molar-refractivity contribution in [2.24, 2.45) is 0 Å². The molecule has 2 atom stereocenters. The van der Waals surface area contributed by atoms with E-state index in [0.29, 0.717) is 17.9 Å². The van der Waals surface area contributed by atoms with E-state index in [1.165, 1.54) is 12.0 Å². The quantitative estimate of drug-likeness (QED) is 0.396. The van der Waals surface area contributed by atoms with Crippen LogP contribution in [0.15, 0.2) is 85.1 Å². The van der Waals surface area contributed by atoms with Gasteiger partial charge >= 0.3 is 0 Å². The number of nitrogens with zero attached hydrogens (tertiary/aromatic N) is 5. The van der Waals surface area contributed by atoms with Crippen molar-refractivity contribution in [3.63, 3.8) is 0 Å². The minimum Gasteiger partial charge on any atom is -0.383 e. The van der Waals surface area contributed by atoms with Crippen LogP contribution in [0.2, 0.25) is 0 Å². The van der Waals surface area contributed by atoms with Crippen molar-refractivity contribution in [3.8, 4) is 28.3 Å². The fraction of sp³-hybridized carbons (Fsp3) is 0.207. The Morgan fingerprint density at radius 2 is 1.67 bits per heavy atom. The molecule has 36 heavy (non-hydrogen) atoms. The number of anilines is 1. The number of nitrogen functional groups attached to an aromatic ring is 1. The van der Waals surface area contributed by atoms with Gasteiger partial charge in [0.15, 0.2) is 11.5 Å². The molecule has 0 amide bonds. The average molecular weight is 474 g/mol. The second-order valence-electron chi connectivity index (χ2n) is 9.65. The predicted octanol–water partition coefficient (Wildman–Crippen LogP) is 4.28. The lowest BCUT2D eigenvalue weighted by Gasteiger charge is -2.53. The summed E-state index contributed by atoms with van der Waals surface area (Å²) >= 11 is 0. The Balaban J connectivity index is 1.33. The van der Waals surface area contributed by atoms with E-state index < -0.39 is 0 Å². The van der Waals surface area contributed by atoms with Crippen molar-refractivity contribution in [2.75, 3.05) is 18.8 Å². The summed E-state index contributed by atoms with van der Waals surface area (Å²) in [6.45, 7) is 3.18. The lowest BCUT2D eigenvalue weighted by molar-refractivity contribution is -0.0206. The van der Waals surface area contributed by atoms with Crippen LogP contribution in [-0.2, 0) is 6.54 Å². The normalized spacial score (nSPS) is 19.3. The topological polar surface area (TPSA) is 84.9 Å². The van der Waals surface area contributed by atoms with Gasteiger partial charge in [0.25, 0.3) is 0 Å². The summed E-state index contributed by atoms with van der Waals surface area (Å²) < 4.78 is 2.10. The zero-order valence-electron chi connectivity index (χ0n) is 19.9. The van der Waals surface area contributed by atoms with Crippen LogP contribution in [-0.4, -0.2) is 49.6 Å². The van der Waals surface area contributed by atoms with Gasteiger partial charge in [-0.1, -0.05) is 42.5 Å². The van der Waals surface area contributed by atoms with Gasteiger partial charge in [0.2, 0.25) is 0 Å². The smallest absolute Gasteiger partial charge is 0.165 e. The van der Waals surface area contributed by atoms with E-state index in [0.717, 1.165) is 59.1 Å². The Hall–Kier alpha value is -4.07. The van der Waals surface area contributed by atoms with Crippen molar-refractivity contribution >= 4 is 17.0 Å². The zero-order valence-corrected chi connectivity index (χ0v) is 19.9. The van der Waals surface area contributed by atoms with Crippen LogP contribution in [0.5, 0.6) is 0 Å². The Morgan fingerprint density at radius 3 is 2.42 bits per heavy atom. The van der Waals surface area contributed by atoms with Crippen molar-refractivity contribution in [2.45, 2.75) is 25.0 Å². The summed E-state index contributed by atoms with van der Waals surface area (Å²) in [5.41, 5.74) is 13.0. The van der Waals surface area contributed by atoms with Crippen LogP contribution in [0.25, 0.3) is 39.5 Å². The predicted molar refractivity (Wildman–Crippen MR) is 143 cm³/mol. The molecule has 3 N–H and O–H groups in total. The largest absolute Gasteiger partial charge is 0.383 e. The summed E-state index contributed by atoms with van der Waals surface area (Å²) in [5, 5.41) is 3.51. The first-order valence-electron chi connectivity index (χ1n) is 12.5.